The maximum absolute atomic E-state index is 13.5. The summed E-state index contributed by atoms with van der Waals surface area (Å²) in [6.07, 6.45) is 0. The van der Waals surface area contributed by atoms with Gasteiger partial charge in [0.25, 0.3) is 0 Å². The Hall–Kier alpha value is -1.42. The van der Waals surface area contributed by atoms with E-state index >= 15 is 0 Å². The van der Waals surface area contributed by atoms with Crippen molar-refractivity contribution < 1.29 is 9.18 Å². The van der Waals surface area contributed by atoms with Gasteiger partial charge in [-0.25, -0.2) is 4.39 Å². The van der Waals surface area contributed by atoms with E-state index in [9.17, 15) is 9.18 Å². The van der Waals surface area contributed by atoms with Crippen molar-refractivity contribution in [2.75, 3.05) is 20.1 Å². The smallest absolute Gasteiger partial charge is 0.225 e. The molecule has 0 aromatic heterocycles. The number of carbonyl (C=O) groups is 1. The molecule has 0 bridgehead atoms. The molecule has 1 aromatic carbocycles. The largest absolute Gasteiger partial charge is 0.359 e. The van der Waals surface area contributed by atoms with Crippen LogP contribution in [-0.4, -0.2) is 30.9 Å². The van der Waals surface area contributed by atoms with Gasteiger partial charge in [-0.15, -0.1) is 0 Å². The summed E-state index contributed by atoms with van der Waals surface area (Å²) in [4.78, 5) is 13.6. The maximum Gasteiger partial charge on any atom is 0.225 e. The Labute approximate surface area is 113 Å². The quantitative estimate of drug-likeness (QED) is 0.903. The van der Waals surface area contributed by atoms with E-state index < -0.39 is 0 Å². The zero-order chi connectivity index (χ0) is 14.0. The average Bonchev–Trinajstić information content (AvgIpc) is 2.31. The summed E-state index contributed by atoms with van der Waals surface area (Å²) in [6.45, 7) is 6.35. The van der Waals surface area contributed by atoms with Crippen LogP contribution in [0.25, 0.3) is 0 Å². The van der Waals surface area contributed by atoms with Gasteiger partial charge in [0, 0.05) is 26.7 Å². The van der Waals surface area contributed by atoms with E-state index in [4.69, 9.17) is 0 Å². The molecular weight excluding hydrogens is 243 g/mol. The Morgan fingerprint density at radius 1 is 1.42 bits per heavy atom. The summed E-state index contributed by atoms with van der Waals surface area (Å²) < 4.78 is 13.5. The monoisotopic (exact) mass is 264 g/mol. The van der Waals surface area contributed by atoms with Crippen LogP contribution >= 0.6 is 0 Å². The first-order chi connectivity index (χ1) is 8.99. The molecule has 0 unspecified atom stereocenters. The van der Waals surface area contributed by atoms with Gasteiger partial charge in [-0.3, -0.25) is 9.69 Å². The summed E-state index contributed by atoms with van der Waals surface area (Å²) in [5.41, 5.74) is 2.01. The lowest BCUT2D eigenvalue weighted by molar-refractivity contribution is -0.129. The lowest BCUT2D eigenvalue weighted by Crippen LogP contribution is -2.52. The number of nitrogens with one attached hydrogen (secondary N) is 1. The Kier molecular flexibility index (Phi) is 4.20. The minimum Gasteiger partial charge on any atom is -0.359 e. The second-order valence-corrected chi connectivity index (χ2v) is 5.55. The molecular formula is C15H21FN2O. The van der Waals surface area contributed by atoms with Crippen LogP contribution in [0.5, 0.6) is 0 Å². The number of nitrogens with zero attached hydrogens (tertiary/aromatic N) is 1. The van der Waals surface area contributed by atoms with Crippen molar-refractivity contribution in [1.29, 1.82) is 0 Å². The second-order valence-electron chi connectivity index (χ2n) is 5.55. The number of rotatable bonds is 4. The zero-order valence-electron chi connectivity index (χ0n) is 11.7. The van der Waals surface area contributed by atoms with Crippen LogP contribution in [-0.2, 0) is 11.3 Å². The van der Waals surface area contributed by atoms with E-state index in [1.165, 1.54) is 0 Å². The molecule has 1 N–H and O–H groups in total. The first-order valence-electron chi connectivity index (χ1n) is 6.73. The van der Waals surface area contributed by atoms with Crippen molar-refractivity contribution in [3.63, 3.8) is 0 Å². The molecule has 1 aromatic rings. The molecule has 0 aliphatic carbocycles. The van der Waals surface area contributed by atoms with Gasteiger partial charge >= 0.3 is 0 Å². The van der Waals surface area contributed by atoms with E-state index in [2.05, 4.69) is 30.1 Å². The van der Waals surface area contributed by atoms with E-state index in [-0.39, 0.29) is 17.6 Å². The molecule has 1 aliphatic rings. The van der Waals surface area contributed by atoms with Crippen LogP contribution in [0.4, 0.5) is 4.39 Å². The van der Waals surface area contributed by atoms with E-state index in [1.807, 2.05) is 0 Å². The van der Waals surface area contributed by atoms with Gasteiger partial charge in [-0.1, -0.05) is 19.9 Å². The predicted octanol–water partition coefficient (Wildman–Crippen LogP) is 2.13. The van der Waals surface area contributed by atoms with Crippen LogP contribution in [0.2, 0.25) is 0 Å². The van der Waals surface area contributed by atoms with Crippen molar-refractivity contribution in [3.05, 3.63) is 35.1 Å². The molecule has 1 heterocycles. The number of hydrogen-bond acceptors (Lipinski definition) is 2. The number of benzene rings is 1. The average molecular weight is 264 g/mol. The van der Waals surface area contributed by atoms with Crippen molar-refractivity contribution >= 4 is 5.91 Å². The number of amides is 1. The van der Waals surface area contributed by atoms with Gasteiger partial charge in [0.2, 0.25) is 5.91 Å². The molecule has 0 radical (unpaired) electrons. The number of halogens is 1. The van der Waals surface area contributed by atoms with Gasteiger partial charge in [-0.2, -0.15) is 0 Å². The highest BCUT2D eigenvalue weighted by Gasteiger charge is 2.31. The number of carbonyl (C=O) groups excluding carboxylic acids is 1. The van der Waals surface area contributed by atoms with Crippen molar-refractivity contribution in [1.82, 2.24) is 10.2 Å². The molecule has 19 heavy (non-hydrogen) atoms. The molecule has 0 atom stereocenters. The maximum atomic E-state index is 13.5. The van der Waals surface area contributed by atoms with Gasteiger partial charge in [0.15, 0.2) is 0 Å². The fourth-order valence-corrected chi connectivity index (χ4v) is 2.43. The molecule has 0 saturated carbocycles. The van der Waals surface area contributed by atoms with Crippen LogP contribution in [0.3, 0.4) is 0 Å². The van der Waals surface area contributed by atoms with Gasteiger partial charge in [-0.05, 0) is 29.2 Å². The fourth-order valence-electron chi connectivity index (χ4n) is 2.43. The number of likely N-dealkylation sites (tertiary alicyclic amines) is 1. The highest BCUT2D eigenvalue weighted by molar-refractivity contribution is 5.79. The Morgan fingerprint density at radius 3 is 2.68 bits per heavy atom. The second kappa shape index (κ2) is 5.70. The summed E-state index contributed by atoms with van der Waals surface area (Å²) in [5, 5.41) is 2.66. The Morgan fingerprint density at radius 2 is 2.11 bits per heavy atom. The topological polar surface area (TPSA) is 32.3 Å². The molecule has 1 amide bonds. The molecule has 1 saturated heterocycles. The summed E-state index contributed by atoms with van der Waals surface area (Å²) in [6, 6.07) is 5.23. The third-order valence-electron chi connectivity index (χ3n) is 3.63. The lowest BCUT2D eigenvalue weighted by atomic mass is 9.96. The van der Waals surface area contributed by atoms with Gasteiger partial charge < -0.3 is 5.32 Å². The molecule has 2 rings (SSSR count). The predicted molar refractivity (Wildman–Crippen MR) is 73.3 cm³/mol. The highest BCUT2D eigenvalue weighted by Crippen LogP contribution is 2.22. The van der Waals surface area contributed by atoms with Crippen molar-refractivity contribution in [2.45, 2.75) is 26.3 Å². The Bertz CT molecular complexity index is 467. The molecule has 1 fully saturated rings. The van der Waals surface area contributed by atoms with Gasteiger partial charge in [0.1, 0.15) is 5.82 Å². The third-order valence-corrected chi connectivity index (χ3v) is 3.63. The molecule has 0 spiro atoms. The normalized spacial score (nSPS) is 16.5. The molecule has 4 heteroatoms. The third kappa shape index (κ3) is 3.32. The zero-order valence-corrected chi connectivity index (χ0v) is 11.7. The van der Waals surface area contributed by atoms with E-state index in [1.54, 1.807) is 19.2 Å². The summed E-state index contributed by atoms with van der Waals surface area (Å²) in [5.74, 6) is 0.329. The van der Waals surface area contributed by atoms with E-state index in [0.29, 0.717) is 12.5 Å². The van der Waals surface area contributed by atoms with Gasteiger partial charge in [0.05, 0.1) is 5.92 Å². The minimum atomic E-state index is -0.176. The highest BCUT2D eigenvalue weighted by atomic mass is 19.1. The molecule has 1 aliphatic heterocycles. The SMILES string of the molecule is CNC(=O)C1CN(Cc2cc(F)cc(C(C)C)c2)C1. The number of hydrogen-bond donors (Lipinski definition) is 1. The fraction of sp³-hybridized carbons (Fsp3) is 0.533. The van der Waals surface area contributed by atoms with E-state index in [0.717, 1.165) is 24.2 Å². The standard InChI is InChI=1S/C15H21FN2O/c1-10(2)12-4-11(5-14(16)6-12)7-18-8-13(9-18)15(19)17-3/h4-6,10,13H,7-9H2,1-3H3,(H,17,19). The van der Waals surface area contributed by atoms with Crippen LogP contribution in [0, 0.1) is 11.7 Å². The summed E-state index contributed by atoms with van der Waals surface area (Å²) >= 11 is 0. The van der Waals surface area contributed by atoms with Crippen LogP contribution in [0.15, 0.2) is 18.2 Å². The lowest BCUT2D eigenvalue weighted by Gasteiger charge is -2.38. The first-order valence-corrected chi connectivity index (χ1v) is 6.73. The van der Waals surface area contributed by atoms with Crippen molar-refractivity contribution in [3.8, 4) is 0 Å². The minimum absolute atomic E-state index is 0.0862. The Balaban J connectivity index is 1.96. The molecule has 104 valence electrons. The van der Waals surface area contributed by atoms with Crippen molar-refractivity contribution in [2.24, 2.45) is 5.92 Å². The first kappa shape index (κ1) is 14.0. The molecule has 3 nitrogen and oxygen atoms in total. The van der Waals surface area contributed by atoms with Crippen LogP contribution in [0.1, 0.15) is 30.9 Å². The summed E-state index contributed by atoms with van der Waals surface area (Å²) in [7, 11) is 1.66. The van der Waals surface area contributed by atoms with Crippen LogP contribution < -0.4 is 5.32 Å².